The molecule has 1 unspecified atom stereocenters. The molecule has 1 aromatic carbocycles. The summed E-state index contributed by atoms with van der Waals surface area (Å²) in [6, 6.07) is 4.74. The maximum atomic E-state index is 13.7. The van der Waals surface area contributed by atoms with E-state index < -0.39 is 29.8 Å². The van der Waals surface area contributed by atoms with Gasteiger partial charge >= 0.3 is 18.3 Å². The fourth-order valence-electron chi connectivity index (χ4n) is 3.05. The van der Waals surface area contributed by atoms with Crippen LogP contribution in [0.25, 0.3) is 0 Å². The molecule has 1 aliphatic heterocycles. The van der Waals surface area contributed by atoms with Crippen molar-refractivity contribution in [1.29, 1.82) is 0 Å². The SMILES string of the molecule is COC(=O)OC1=C(C)NC(C)=C(C(=O)OCCN)C1c1ccccc1C(F)(F)F. The number of alkyl halides is 3. The van der Waals surface area contributed by atoms with E-state index >= 15 is 0 Å². The monoisotopic (exact) mass is 414 g/mol. The van der Waals surface area contributed by atoms with Crippen LogP contribution in [0.1, 0.15) is 30.9 Å². The standard InChI is InChI=1S/C19H21F3N2O5/c1-10-14(17(25)28-9-8-23)15(16(11(2)24-10)29-18(26)27-3)12-6-4-5-7-13(12)19(20,21)22/h4-7,15,24H,8-9,23H2,1-3H3. The Labute approximate surface area is 165 Å². The van der Waals surface area contributed by atoms with Crippen LogP contribution in [-0.2, 0) is 25.2 Å². The van der Waals surface area contributed by atoms with Gasteiger partial charge in [0.25, 0.3) is 0 Å². The van der Waals surface area contributed by atoms with Crippen LogP contribution in [0.15, 0.2) is 47.0 Å². The fourth-order valence-corrected chi connectivity index (χ4v) is 3.05. The van der Waals surface area contributed by atoms with E-state index in [0.717, 1.165) is 13.2 Å². The average Bonchev–Trinajstić information content (AvgIpc) is 2.66. The highest BCUT2D eigenvalue weighted by atomic mass is 19.4. The number of nitrogens with one attached hydrogen (secondary N) is 1. The minimum absolute atomic E-state index is 0.0374. The zero-order chi connectivity index (χ0) is 21.8. The zero-order valence-electron chi connectivity index (χ0n) is 16.1. The molecule has 158 valence electrons. The molecular weight excluding hydrogens is 393 g/mol. The van der Waals surface area contributed by atoms with Crippen molar-refractivity contribution in [3.63, 3.8) is 0 Å². The smallest absolute Gasteiger partial charge is 0.461 e. The fraction of sp³-hybridized carbons (Fsp3) is 0.368. The number of ether oxygens (including phenoxy) is 3. The van der Waals surface area contributed by atoms with E-state index in [2.05, 4.69) is 10.1 Å². The Kier molecular flexibility index (Phi) is 6.91. The molecule has 3 N–H and O–H groups in total. The zero-order valence-corrected chi connectivity index (χ0v) is 16.1. The largest absolute Gasteiger partial charge is 0.513 e. The molecule has 0 radical (unpaired) electrons. The van der Waals surface area contributed by atoms with Gasteiger partial charge in [-0.1, -0.05) is 18.2 Å². The van der Waals surface area contributed by atoms with Crippen LogP contribution in [0.4, 0.5) is 18.0 Å². The first-order valence-electron chi connectivity index (χ1n) is 8.59. The molecule has 0 bridgehead atoms. The second kappa shape index (κ2) is 8.99. The number of hydrogen-bond donors (Lipinski definition) is 2. The Morgan fingerprint density at radius 3 is 2.41 bits per heavy atom. The number of dihydropyridines is 1. The van der Waals surface area contributed by atoms with E-state index in [-0.39, 0.29) is 41.4 Å². The minimum atomic E-state index is -4.70. The molecular formula is C19H21F3N2O5. The lowest BCUT2D eigenvalue weighted by Crippen LogP contribution is -2.32. The van der Waals surface area contributed by atoms with Crippen LogP contribution in [0.2, 0.25) is 0 Å². The summed E-state index contributed by atoms with van der Waals surface area (Å²) in [4.78, 5) is 24.4. The average molecular weight is 414 g/mol. The third kappa shape index (κ3) is 4.89. The molecule has 0 fully saturated rings. The summed E-state index contributed by atoms with van der Waals surface area (Å²) in [7, 11) is 1.06. The van der Waals surface area contributed by atoms with Crippen LogP contribution in [0, 0.1) is 0 Å². The second-order valence-corrected chi connectivity index (χ2v) is 6.15. The van der Waals surface area contributed by atoms with E-state index in [1.807, 2.05) is 0 Å². The molecule has 10 heteroatoms. The molecule has 0 aliphatic carbocycles. The predicted molar refractivity (Wildman–Crippen MR) is 96.2 cm³/mol. The highest BCUT2D eigenvalue weighted by Crippen LogP contribution is 2.44. The topological polar surface area (TPSA) is 99.9 Å². The molecule has 1 atom stereocenters. The maximum Gasteiger partial charge on any atom is 0.513 e. The van der Waals surface area contributed by atoms with Crippen LogP contribution in [-0.4, -0.2) is 32.4 Å². The summed E-state index contributed by atoms with van der Waals surface area (Å²) >= 11 is 0. The second-order valence-electron chi connectivity index (χ2n) is 6.15. The summed E-state index contributed by atoms with van der Waals surface area (Å²) in [6.45, 7) is 2.93. The number of carbonyl (C=O) groups is 2. The van der Waals surface area contributed by atoms with Gasteiger partial charge in [-0.3, -0.25) is 0 Å². The number of esters is 1. The maximum absolute atomic E-state index is 13.7. The number of methoxy groups -OCH3 is 1. The molecule has 0 spiro atoms. The van der Waals surface area contributed by atoms with E-state index in [4.69, 9.17) is 15.2 Å². The van der Waals surface area contributed by atoms with Crippen LogP contribution < -0.4 is 11.1 Å². The van der Waals surface area contributed by atoms with E-state index in [1.54, 1.807) is 0 Å². The number of rotatable bonds is 5. The van der Waals surface area contributed by atoms with Gasteiger partial charge in [0.05, 0.1) is 29.9 Å². The van der Waals surface area contributed by atoms with Crippen LogP contribution in [0.5, 0.6) is 0 Å². The summed E-state index contributed by atoms with van der Waals surface area (Å²) in [5.74, 6) is -2.42. The normalized spacial score (nSPS) is 17.0. The number of hydrogen-bond acceptors (Lipinski definition) is 7. The molecule has 1 heterocycles. The summed E-state index contributed by atoms with van der Waals surface area (Å²) in [5, 5.41) is 2.84. The molecule has 1 aliphatic rings. The molecule has 2 rings (SSSR count). The third-order valence-corrected chi connectivity index (χ3v) is 4.21. The first kappa shape index (κ1) is 22.3. The Bertz CT molecular complexity index is 862. The number of nitrogens with two attached hydrogens (primary N) is 1. The van der Waals surface area contributed by atoms with Crippen molar-refractivity contribution < 1.29 is 37.0 Å². The van der Waals surface area contributed by atoms with Gasteiger partial charge < -0.3 is 25.3 Å². The first-order valence-corrected chi connectivity index (χ1v) is 8.59. The van der Waals surface area contributed by atoms with Gasteiger partial charge in [0.15, 0.2) is 0 Å². The number of benzene rings is 1. The summed E-state index contributed by atoms with van der Waals surface area (Å²) in [6.07, 6.45) is -5.84. The Hall–Kier alpha value is -3.01. The van der Waals surface area contributed by atoms with Gasteiger partial charge in [0, 0.05) is 12.2 Å². The molecule has 0 saturated heterocycles. The molecule has 1 aromatic rings. The lowest BCUT2D eigenvalue weighted by atomic mass is 9.82. The van der Waals surface area contributed by atoms with Gasteiger partial charge in [-0.15, -0.1) is 0 Å². The van der Waals surface area contributed by atoms with Crippen LogP contribution in [0.3, 0.4) is 0 Å². The molecule has 7 nitrogen and oxygen atoms in total. The lowest BCUT2D eigenvalue weighted by Gasteiger charge is -2.31. The highest BCUT2D eigenvalue weighted by Gasteiger charge is 2.42. The Morgan fingerprint density at radius 2 is 1.83 bits per heavy atom. The summed E-state index contributed by atoms with van der Waals surface area (Å²) in [5.41, 5.74) is 4.51. The van der Waals surface area contributed by atoms with Gasteiger partial charge in [-0.25, -0.2) is 9.59 Å². The van der Waals surface area contributed by atoms with Crippen molar-refractivity contribution in [2.24, 2.45) is 5.73 Å². The van der Waals surface area contributed by atoms with Crippen molar-refractivity contribution >= 4 is 12.1 Å². The van der Waals surface area contributed by atoms with Crippen molar-refractivity contribution in [2.75, 3.05) is 20.3 Å². The number of allylic oxidation sites excluding steroid dienone is 3. The van der Waals surface area contributed by atoms with Crippen molar-refractivity contribution in [2.45, 2.75) is 25.9 Å². The Balaban J connectivity index is 2.71. The summed E-state index contributed by atoms with van der Waals surface area (Å²) < 4.78 is 55.7. The molecule has 0 aromatic heterocycles. The van der Waals surface area contributed by atoms with Crippen molar-refractivity contribution in [3.8, 4) is 0 Å². The lowest BCUT2D eigenvalue weighted by molar-refractivity contribution is -0.141. The number of carbonyl (C=O) groups excluding carboxylic acids is 2. The Morgan fingerprint density at radius 1 is 1.17 bits per heavy atom. The van der Waals surface area contributed by atoms with Crippen LogP contribution >= 0.6 is 0 Å². The van der Waals surface area contributed by atoms with Crippen molar-refractivity contribution in [3.05, 3.63) is 58.1 Å². The van der Waals surface area contributed by atoms with Gasteiger partial charge in [-0.05, 0) is 25.5 Å². The van der Waals surface area contributed by atoms with Gasteiger partial charge in [0.1, 0.15) is 12.4 Å². The third-order valence-electron chi connectivity index (χ3n) is 4.21. The van der Waals surface area contributed by atoms with E-state index in [9.17, 15) is 22.8 Å². The van der Waals surface area contributed by atoms with E-state index in [0.29, 0.717) is 0 Å². The minimum Gasteiger partial charge on any atom is -0.461 e. The quantitative estimate of drug-likeness (QED) is 0.714. The number of halogens is 3. The molecule has 29 heavy (non-hydrogen) atoms. The predicted octanol–water partition coefficient (Wildman–Crippen LogP) is 3.18. The van der Waals surface area contributed by atoms with E-state index in [1.165, 1.54) is 32.0 Å². The first-order chi connectivity index (χ1) is 13.6. The highest BCUT2D eigenvalue weighted by molar-refractivity contribution is 5.92. The van der Waals surface area contributed by atoms with Crippen molar-refractivity contribution in [1.82, 2.24) is 5.32 Å². The van der Waals surface area contributed by atoms with Gasteiger partial charge in [-0.2, -0.15) is 13.2 Å². The molecule has 0 saturated carbocycles. The van der Waals surface area contributed by atoms with Gasteiger partial charge in [0.2, 0.25) is 0 Å². The molecule has 0 amide bonds.